The van der Waals surface area contributed by atoms with E-state index in [0.29, 0.717) is 6.61 Å². The molecule has 0 saturated heterocycles. The van der Waals surface area contributed by atoms with Crippen LogP contribution in [0.25, 0.3) is 0 Å². The van der Waals surface area contributed by atoms with Crippen LogP contribution in [0.3, 0.4) is 0 Å². The van der Waals surface area contributed by atoms with Crippen molar-refractivity contribution in [3.05, 3.63) is 10.6 Å². The lowest BCUT2D eigenvalue weighted by atomic mass is 10.1. The summed E-state index contributed by atoms with van der Waals surface area (Å²) >= 11 is 1.70. The maximum atomic E-state index is 11.8. The number of nitrogens with one attached hydrogen (secondary N) is 1. The summed E-state index contributed by atoms with van der Waals surface area (Å²) in [5.41, 5.74) is 1.19. The molecule has 1 aromatic rings. The fraction of sp³-hybridized carbons (Fsp3) is 0.692. The Hall–Kier alpha value is -1.10. The highest BCUT2D eigenvalue weighted by Gasteiger charge is 2.39. The molecule has 1 saturated carbocycles. The van der Waals surface area contributed by atoms with E-state index in [9.17, 15) is 4.79 Å². The molecule has 98 valence electrons. The van der Waals surface area contributed by atoms with Crippen LogP contribution in [0.4, 0.5) is 5.13 Å². The van der Waals surface area contributed by atoms with E-state index >= 15 is 0 Å². The first kappa shape index (κ1) is 12.0. The van der Waals surface area contributed by atoms with Gasteiger partial charge in [0.25, 0.3) is 0 Å². The van der Waals surface area contributed by atoms with Crippen LogP contribution < -0.4 is 5.32 Å². The first-order chi connectivity index (χ1) is 8.61. The Balaban J connectivity index is 1.76. The van der Waals surface area contributed by atoms with Crippen molar-refractivity contribution in [1.82, 2.24) is 4.98 Å². The lowest BCUT2D eigenvalue weighted by molar-refractivity contribution is -0.145. The Morgan fingerprint density at radius 2 is 2.39 bits per heavy atom. The number of thiazole rings is 1. The number of ether oxygens (including phenoxy) is 1. The SMILES string of the molecule is CCOC(=O)C1CCc2sc(NC3(C)CC3)nc21. The molecule has 1 aromatic heterocycles. The Bertz CT molecular complexity index is 479. The molecule has 2 aliphatic carbocycles. The van der Waals surface area contributed by atoms with Gasteiger partial charge >= 0.3 is 5.97 Å². The second-order valence-corrected chi connectivity index (χ2v) is 6.44. The standard InChI is InChI=1S/C13H18N2O2S/c1-3-17-11(16)8-4-5-9-10(8)14-12(18-9)15-13(2)6-7-13/h8H,3-7H2,1-2H3,(H,14,15). The van der Waals surface area contributed by atoms with E-state index in [0.717, 1.165) is 23.7 Å². The molecule has 1 N–H and O–H groups in total. The highest BCUT2D eigenvalue weighted by molar-refractivity contribution is 7.15. The number of esters is 1. The summed E-state index contributed by atoms with van der Waals surface area (Å²) < 4.78 is 5.11. The summed E-state index contributed by atoms with van der Waals surface area (Å²) in [6, 6.07) is 0. The Morgan fingerprint density at radius 1 is 1.61 bits per heavy atom. The molecule has 0 aliphatic heterocycles. The Morgan fingerprint density at radius 3 is 3.06 bits per heavy atom. The molecule has 1 fully saturated rings. The third-order valence-corrected chi connectivity index (χ3v) is 4.74. The molecule has 0 amide bonds. The summed E-state index contributed by atoms with van der Waals surface area (Å²) in [7, 11) is 0. The van der Waals surface area contributed by atoms with Crippen molar-refractivity contribution in [3.8, 4) is 0 Å². The van der Waals surface area contributed by atoms with Gasteiger partial charge in [0, 0.05) is 10.4 Å². The van der Waals surface area contributed by atoms with Crippen LogP contribution in [-0.4, -0.2) is 23.1 Å². The summed E-state index contributed by atoms with van der Waals surface area (Å²) in [5.74, 6) is -0.260. The zero-order valence-corrected chi connectivity index (χ0v) is 11.6. The van der Waals surface area contributed by atoms with Crippen molar-refractivity contribution in [2.24, 2.45) is 0 Å². The van der Waals surface area contributed by atoms with Crippen LogP contribution in [0, 0.1) is 0 Å². The second-order valence-electron chi connectivity index (χ2n) is 5.36. The predicted molar refractivity (Wildman–Crippen MR) is 71.1 cm³/mol. The number of carbonyl (C=O) groups is 1. The number of hydrogen-bond donors (Lipinski definition) is 1. The average Bonchev–Trinajstić information content (AvgIpc) is 2.72. The monoisotopic (exact) mass is 266 g/mol. The molecule has 18 heavy (non-hydrogen) atoms. The minimum Gasteiger partial charge on any atom is -0.465 e. The van der Waals surface area contributed by atoms with Crippen molar-refractivity contribution >= 4 is 22.4 Å². The van der Waals surface area contributed by atoms with Crippen LogP contribution in [0.1, 0.15) is 49.6 Å². The number of aryl methyl sites for hydroxylation is 1. The van der Waals surface area contributed by atoms with Crippen molar-refractivity contribution in [2.45, 2.75) is 51.0 Å². The number of aromatic nitrogens is 1. The van der Waals surface area contributed by atoms with Crippen LogP contribution in [0.2, 0.25) is 0 Å². The van der Waals surface area contributed by atoms with E-state index < -0.39 is 0 Å². The van der Waals surface area contributed by atoms with Gasteiger partial charge in [0.05, 0.1) is 12.3 Å². The van der Waals surface area contributed by atoms with E-state index in [1.165, 1.54) is 17.7 Å². The van der Waals surface area contributed by atoms with Crippen LogP contribution in [0.15, 0.2) is 0 Å². The first-order valence-corrected chi connectivity index (χ1v) is 7.37. The molecular formula is C13H18N2O2S. The molecule has 0 radical (unpaired) electrons. The lowest BCUT2D eigenvalue weighted by Crippen LogP contribution is -2.17. The molecule has 1 heterocycles. The smallest absolute Gasteiger partial charge is 0.315 e. The molecule has 0 aromatic carbocycles. The number of carbonyl (C=O) groups excluding carboxylic acids is 1. The zero-order chi connectivity index (χ0) is 12.8. The number of hydrogen-bond acceptors (Lipinski definition) is 5. The van der Waals surface area contributed by atoms with Gasteiger partial charge in [-0.3, -0.25) is 4.79 Å². The summed E-state index contributed by atoms with van der Waals surface area (Å²) in [4.78, 5) is 17.7. The van der Waals surface area contributed by atoms with Gasteiger partial charge in [0.2, 0.25) is 0 Å². The van der Waals surface area contributed by atoms with E-state index in [2.05, 4.69) is 17.2 Å². The van der Waals surface area contributed by atoms with Gasteiger partial charge in [-0.2, -0.15) is 0 Å². The molecule has 1 unspecified atom stereocenters. The molecule has 1 atom stereocenters. The average molecular weight is 266 g/mol. The quantitative estimate of drug-likeness (QED) is 0.851. The summed E-state index contributed by atoms with van der Waals surface area (Å²) in [6.45, 7) is 4.50. The van der Waals surface area contributed by atoms with Crippen molar-refractivity contribution in [3.63, 3.8) is 0 Å². The van der Waals surface area contributed by atoms with Crippen LogP contribution in [-0.2, 0) is 16.0 Å². The zero-order valence-electron chi connectivity index (χ0n) is 10.8. The molecule has 5 heteroatoms. The summed E-state index contributed by atoms with van der Waals surface area (Å²) in [5, 5.41) is 4.44. The molecule has 0 bridgehead atoms. The Kier molecular flexibility index (Phi) is 2.81. The Labute approximate surface area is 111 Å². The topological polar surface area (TPSA) is 51.2 Å². The fourth-order valence-electron chi connectivity index (χ4n) is 2.32. The number of nitrogens with zero attached hydrogens (tertiary/aromatic N) is 1. The van der Waals surface area contributed by atoms with Gasteiger partial charge < -0.3 is 10.1 Å². The third kappa shape index (κ3) is 2.11. The molecule has 3 rings (SSSR count). The largest absolute Gasteiger partial charge is 0.465 e. The maximum absolute atomic E-state index is 11.8. The van der Waals surface area contributed by atoms with Gasteiger partial charge in [-0.05, 0) is 39.5 Å². The van der Waals surface area contributed by atoms with E-state index in [4.69, 9.17) is 4.74 Å². The van der Waals surface area contributed by atoms with Gasteiger partial charge in [-0.1, -0.05) is 0 Å². The van der Waals surface area contributed by atoms with E-state index in [-0.39, 0.29) is 17.4 Å². The van der Waals surface area contributed by atoms with E-state index in [1.54, 1.807) is 11.3 Å². The highest BCUT2D eigenvalue weighted by Crippen LogP contribution is 2.43. The minimum absolute atomic E-state index is 0.120. The normalized spacial score (nSPS) is 23.6. The third-order valence-electron chi connectivity index (χ3n) is 3.70. The first-order valence-electron chi connectivity index (χ1n) is 6.56. The van der Waals surface area contributed by atoms with E-state index in [1.807, 2.05) is 6.92 Å². The van der Waals surface area contributed by atoms with Gasteiger partial charge in [-0.15, -0.1) is 11.3 Å². The van der Waals surface area contributed by atoms with Gasteiger partial charge in [-0.25, -0.2) is 4.98 Å². The number of anilines is 1. The number of fused-ring (bicyclic) bond motifs is 1. The lowest BCUT2D eigenvalue weighted by Gasteiger charge is -2.10. The fourth-order valence-corrected chi connectivity index (χ4v) is 3.51. The maximum Gasteiger partial charge on any atom is 0.315 e. The predicted octanol–water partition coefficient (Wildman–Crippen LogP) is 2.70. The molecule has 2 aliphatic rings. The minimum atomic E-state index is -0.140. The van der Waals surface area contributed by atoms with Crippen molar-refractivity contribution in [1.29, 1.82) is 0 Å². The van der Waals surface area contributed by atoms with Gasteiger partial charge in [0.1, 0.15) is 5.92 Å². The van der Waals surface area contributed by atoms with Crippen molar-refractivity contribution in [2.75, 3.05) is 11.9 Å². The number of rotatable bonds is 4. The summed E-state index contributed by atoms with van der Waals surface area (Å²) in [6.07, 6.45) is 4.22. The van der Waals surface area contributed by atoms with Gasteiger partial charge in [0.15, 0.2) is 5.13 Å². The molecule has 0 spiro atoms. The van der Waals surface area contributed by atoms with Crippen LogP contribution in [0.5, 0.6) is 0 Å². The molecule has 4 nitrogen and oxygen atoms in total. The second kappa shape index (κ2) is 4.23. The van der Waals surface area contributed by atoms with Crippen LogP contribution >= 0.6 is 11.3 Å². The highest BCUT2D eigenvalue weighted by atomic mass is 32.1. The van der Waals surface area contributed by atoms with Crippen molar-refractivity contribution < 1.29 is 9.53 Å². The molecular weight excluding hydrogens is 248 g/mol.